The number of rotatable bonds is 6. The molecule has 0 heterocycles. The quantitative estimate of drug-likeness (QED) is 0.258. The lowest BCUT2D eigenvalue weighted by Gasteiger charge is -2.05. The van der Waals surface area contributed by atoms with E-state index in [9.17, 15) is 0 Å². The van der Waals surface area contributed by atoms with E-state index in [1.54, 1.807) is 23.5 Å². The van der Waals surface area contributed by atoms with E-state index in [-0.39, 0.29) is 0 Å². The number of hydrogen-bond acceptors (Lipinski definition) is 4. The third-order valence-corrected chi connectivity index (χ3v) is 5.80. The summed E-state index contributed by atoms with van der Waals surface area (Å²) in [6.45, 7) is 0. The van der Waals surface area contributed by atoms with Crippen molar-refractivity contribution in [3.63, 3.8) is 0 Å². The highest BCUT2D eigenvalue weighted by molar-refractivity contribution is 9.10. The van der Waals surface area contributed by atoms with Gasteiger partial charge in [-0.2, -0.15) is 0 Å². The minimum atomic E-state index is 0.682. The van der Waals surface area contributed by atoms with Crippen LogP contribution in [0, 0.1) is 0 Å². The number of benzene rings is 2. The van der Waals surface area contributed by atoms with Gasteiger partial charge in [0.05, 0.1) is 5.71 Å². The van der Waals surface area contributed by atoms with Gasteiger partial charge in [0.2, 0.25) is 0 Å². The highest BCUT2D eigenvalue weighted by Gasteiger charge is 2.04. The average molecular weight is 447 g/mol. The van der Waals surface area contributed by atoms with Crippen LogP contribution in [-0.2, 0) is 0 Å². The molecule has 0 saturated carbocycles. The SMILES string of the molecule is ON=C(CSc1ccc(Br)cc1)CSc1ccc(Br)cc1. The van der Waals surface area contributed by atoms with Crippen LogP contribution in [0.2, 0.25) is 0 Å². The van der Waals surface area contributed by atoms with E-state index in [0.29, 0.717) is 11.5 Å². The molecule has 0 unspecified atom stereocenters. The number of oxime groups is 1. The van der Waals surface area contributed by atoms with Gasteiger partial charge in [0.1, 0.15) is 0 Å². The van der Waals surface area contributed by atoms with Crippen LogP contribution in [0.3, 0.4) is 0 Å². The molecule has 0 saturated heterocycles. The Morgan fingerprint density at radius 1 is 0.810 bits per heavy atom. The first-order chi connectivity index (χ1) is 10.2. The van der Waals surface area contributed by atoms with Crippen molar-refractivity contribution in [2.75, 3.05) is 11.5 Å². The van der Waals surface area contributed by atoms with Crippen LogP contribution in [0.15, 0.2) is 72.4 Å². The molecule has 0 atom stereocenters. The first-order valence-corrected chi connectivity index (χ1v) is 9.69. The molecule has 0 spiro atoms. The van der Waals surface area contributed by atoms with Crippen molar-refractivity contribution in [1.29, 1.82) is 0 Å². The molecule has 0 aliphatic heterocycles. The van der Waals surface area contributed by atoms with E-state index in [1.807, 2.05) is 48.5 Å². The molecule has 0 amide bonds. The molecule has 0 aliphatic rings. The van der Waals surface area contributed by atoms with E-state index < -0.39 is 0 Å². The molecule has 110 valence electrons. The fraction of sp³-hybridized carbons (Fsp3) is 0.133. The van der Waals surface area contributed by atoms with Gasteiger partial charge < -0.3 is 5.21 Å². The number of hydrogen-bond donors (Lipinski definition) is 1. The number of thioether (sulfide) groups is 2. The second-order valence-electron chi connectivity index (χ2n) is 4.15. The van der Waals surface area contributed by atoms with E-state index in [2.05, 4.69) is 37.0 Å². The van der Waals surface area contributed by atoms with E-state index in [1.165, 1.54) is 0 Å². The van der Waals surface area contributed by atoms with Crippen LogP contribution in [-0.4, -0.2) is 22.4 Å². The maximum Gasteiger partial charge on any atom is 0.0775 e. The molecule has 0 aliphatic carbocycles. The topological polar surface area (TPSA) is 32.6 Å². The van der Waals surface area contributed by atoms with Crippen LogP contribution < -0.4 is 0 Å². The molecule has 2 nitrogen and oxygen atoms in total. The van der Waals surface area contributed by atoms with Gasteiger partial charge in [-0.05, 0) is 48.5 Å². The van der Waals surface area contributed by atoms with Crippen LogP contribution in [0.25, 0.3) is 0 Å². The van der Waals surface area contributed by atoms with Crippen molar-refractivity contribution < 1.29 is 5.21 Å². The molecule has 6 heteroatoms. The van der Waals surface area contributed by atoms with Gasteiger partial charge >= 0.3 is 0 Å². The van der Waals surface area contributed by atoms with Gasteiger partial charge in [-0.3, -0.25) is 0 Å². The molecule has 0 radical (unpaired) electrons. The fourth-order valence-corrected chi connectivity index (χ4v) is 3.80. The Bertz CT molecular complexity index is 549. The Morgan fingerprint density at radius 2 is 1.19 bits per heavy atom. The molecular formula is C15H13Br2NOS2. The van der Waals surface area contributed by atoms with E-state index in [0.717, 1.165) is 24.4 Å². The van der Waals surface area contributed by atoms with Crippen molar-refractivity contribution in [3.05, 3.63) is 57.5 Å². The summed E-state index contributed by atoms with van der Waals surface area (Å²) in [4.78, 5) is 2.32. The molecule has 2 rings (SSSR count). The second kappa shape index (κ2) is 8.88. The molecule has 2 aromatic rings. The number of halogens is 2. The minimum Gasteiger partial charge on any atom is -0.411 e. The molecule has 1 N–H and O–H groups in total. The minimum absolute atomic E-state index is 0.682. The highest BCUT2D eigenvalue weighted by atomic mass is 79.9. The molecule has 21 heavy (non-hydrogen) atoms. The van der Waals surface area contributed by atoms with E-state index >= 15 is 0 Å². The van der Waals surface area contributed by atoms with Gasteiger partial charge in [0.15, 0.2) is 0 Å². The van der Waals surface area contributed by atoms with Crippen molar-refractivity contribution in [2.24, 2.45) is 5.16 Å². The van der Waals surface area contributed by atoms with E-state index in [4.69, 9.17) is 5.21 Å². The summed E-state index contributed by atoms with van der Waals surface area (Å²) in [6.07, 6.45) is 0. The summed E-state index contributed by atoms with van der Waals surface area (Å²) in [6, 6.07) is 16.2. The van der Waals surface area contributed by atoms with Crippen LogP contribution in [0.4, 0.5) is 0 Å². The maximum atomic E-state index is 9.12. The Kier molecular flexibility index (Phi) is 7.16. The highest BCUT2D eigenvalue weighted by Crippen LogP contribution is 2.24. The maximum absolute atomic E-state index is 9.12. The summed E-state index contributed by atoms with van der Waals surface area (Å²) >= 11 is 10.2. The summed E-state index contributed by atoms with van der Waals surface area (Å²) in [5, 5.41) is 12.5. The summed E-state index contributed by atoms with van der Waals surface area (Å²) in [7, 11) is 0. The monoisotopic (exact) mass is 445 g/mol. The third kappa shape index (κ3) is 6.06. The smallest absolute Gasteiger partial charge is 0.0775 e. The van der Waals surface area contributed by atoms with Crippen LogP contribution >= 0.6 is 55.4 Å². The Labute approximate surface area is 149 Å². The average Bonchev–Trinajstić information content (AvgIpc) is 2.51. The van der Waals surface area contributed by atoms with Crippen LogP contribution in [0.1, 0.15) is 0 Å². The molecule has 0 aromatic heterocycles. The zero-order valence-corrected chi connectivity index (χ0v) is 15.8. The zero-order valence-electron chi connectivity index (χ0n) is 11.0. The lowest BCUT2D eigenvalue weighted by atomic mass is 10.4. The normalized spacial score (nSPS) is 10.4. The van der Waals surface area contributed by atoms with Gasteiger partial charge in [-0.1, -0.05) is 37.0 Å². The van der Waals surface area contributed by atoms with Gasteiger partial charge in [0.25, 0.3) is 0 Å². The van der Waals surface area contributed by atoms with Crippen molar-refractivity contribution in [3.8, 4) is 0 Å². The largest absolute Gasteiger partial charge is 0.411 e. The fourth-order valence-electron chi connectivity index (χ4n) is 1.49. The lowest BCUT2D eigenvalue weighted by molar-refractivity contribution is 0.318. The zero-order chi connectivity index (χ0) is 15.1. The van der Waals surface area contributed by atoms with Gasteiger partial charge in [0, 0.05) is 30.2 Å². The van der Waals surface area contributed by atoms with Gasteiger partial charge in [-0.25, -0.2) is 0 Å². The Hall–Kier alpha value is -0.430. The summed E-state index contributed by atoms with van der Waals surface area (Å²) in [5.41, 5.74) is 0.774. The number of nitrogens with zero attached hydrogens (tertiary/aromatic N) is 1. The summed E-state index contributed by atoms with van der Waals surface area (Å²) in [5.74, 6) is 1.36. The lowest BCUT2D eigenvalue weighted by Crippen LogP contribution is -2.05. The molecule has 0 bridgehead atoms. The van der Waals surface area contributed by atoms with Crippen LogP contribution in [0.5, 0.6) is 0 Å². The second-order valence-corrected chi connectivity index (χ2v) is 8.08. The van der Waals surface area contributed by atoms with Crippen molar-refractivity contribution >= 4 is 61.1 Å². The molecule has 0 fully saturated rings. The summed E-state index contributed by atoms with van der Waals surface area (Å²) < 4.78 is 2.13. The molecule has 2 aromatic carbocycles. The predicted molar refractivity (Wildman–Crippen MR) is 99.0 cm³/mol. The Morgan fingerprint density at radius 3 is 1.52 bits per heavy atom. The first kappa shape index (κ1) is 16.9. The van der Waals surface area contributed by atoms with Crippen molar-refractivity contribution in [1.82, 2.24) is 0 Å². The third-order valence-electron chi connectivity index (χ3n) is 2.58. The predicted octanol–water partition coefficient (Wildman–Crippen LogP) is 5.93. The molecular weight excluding hydrogens is 434 g/mol. The Balaban J connectivity index is 1.83. The van der Waals surface area contributed by atoms with Crippen molar-refractivity contribution in [2.45, 2.75) is 9.79 Å². The van der Waals surface area contributed by atoms with Gasteiger partial charge in [-0.15, -0.1) is 23.5 Å². The standard InChI is InChI=1S/C15H13Br2NOS2/c16-11-1-5-14(6-2-11)20-9-13(18-19)10-21-15-7-3-12(17)4-8-15/h1-8,19H,9-10H2. The first-order valence-electron chi connectivity index (χ1n) is 6.14.